The Labute approximate surface area is 136 Å². The standard InChI is InChI=1S/C16H25NO4S/c1-4-13(18)9-22-10-14(19)6-5-7-17-15(20)11(2)8-12(3)16(17)21/h11-12H,4-10H2,1-3H3/t11-,12+. The first kappa shape index (κ1) is 18.9. The van der Waals surface area contributed by atoms with E-state index in [-0.39, 0.29) is 35.2 Å². The van der Waals surface area contributed by atoms with Gasteiger partial charge in [-0.1, -0.05) is 20.8 Å². The number of likely N-dealkylation sites (tertiary alicyclic amines) is 1. The van der Waals surface area contributed by atoms with Crippen LogP contribution in [0.15, 0.2) is 0 Å². The van der Waals surface area contributed by atoms with Crippen LogP contribution in [0, 0.1) is 11.8 Å². The Kier molecular flexibility index (Phi) is 7.79. The molecule has 0 radical (unpaired) electrons. The van der Waals surface area contributed by atoms with Crippen LogP contribution in [0.4, 0.5) is 0 Å². The molecule has 124 valence electrons. The Hall–Kier alpha value is -1.17. The molecule has 0 saturated carbocycles. The van der Waals surface area contributed by atoms with Gasteiger partial charge in [-0.05, 0) is 12.8 Å². The van der Waals surface area contributed by atoms with E-state index in [1.54, 1.807) is 6.92 Å². The molecule has 2 atom stereocenters. The molecule has 0 unspecified atom stereocenters. The number of hydrogen-bond donors (Lipinski definition) is 0. The fraction of sp³-hybridized carbons (Fsp3) is 0.750. The highest BCUT2D eigenvalue weighted by Gasteiger charge is 2.35. The van der Waals surface area contributed by atoms with E-state index in [1.807, 2.05) is 13.8 Å². The largest absolute Gasteiger partial charge is 0.299 e. The van der Waals surface area contributed by atoms with Crippen molar-refractivity contribution in [3.63, 3.8) is 0 Å². The molecule has 1 fully saturated rings. The van der Waals surface area contributed by atoms with Crippen LogP contribution >= 0.6 is 11.8 Å². The number of Topliss-reactive ketones (excluding diaryl/α,β-unsaturated/α-hetero) is 2. The summed E-state index contributed by atoms with van der Waals surface area (Å²) in [6, 6.07) is 0. The lowest BCUT2D eigenvalue weighted by Crippen LogP contribution is -2.48. The molecule has 1 aliphatic rings. The number of hydrogen-bond acceptors (Lipinski definition) is 5. The second-order valence-electron chi connectivity index (χ2n) is 5.89. The van der Waals surface area contributed by atoms with E-state index >= 15 is 0 Å². The van der Waals surface area contributed by atoms with E-state index in [0.717, 1.165) is 0 Å². The van der Waals surface area contributed by atoms with Gasteiger partial charge in [-0.2, -0.15) is 0 Å². The molecule has 1 rings (SSSR count). The molecule has 1 saturated heterocycles. The zero-order valence-corrected chi connectivity index (χ0v) is 14.4. The summed E-state index contributed by atoms with van der Waals surface area (Å²) in [6.07, 6.45) is 1.94. The Bertz CT molecular complexity index is 429. The maximum atomic E-state index is 12.0. The first-order valence-corrected chi connectivity index (χ1v) is 8.98. The summed E-state index contributed by atoms with van der Waals surface area (Å²) in [5.74, 6) is 0.396. The Morgan fingerprint density at radius 2 is 1.64 bits per heavy atom. The van der Waals surface area contributed by atoms with Crippen LogP contribution in [0.2, 0.25) is 0 Å². The minimum Gasteiger partial charge on any atom is -0.299 e. The topological polar surface area (TPSA) is 71.5 Å². The molecule has 6 heteroatoms. The molecule has 22 heavy (non-hydrogen) atoms. The van der Waals surface area contributed by atoms with E-state index in [2.05, 4.69) is 0 Å². The van der Waals surface area contributed by atoms with Crippen molar-refractivity contribution in [1.29, 1.82) is 0 Å². The van der Waals surface area contributed by atoms with Crippen LogP contribution in [0.25, 0.3) is 0 Å². The van der Waals surface area contributed by atoms with Gasteiger partial charge in [-0.15, -0.1) is 11.8 Å². The van der Waals surface area contributed by atoms with E-state index in [0.29, 0.717) is 43.7 Å². The van der Waals surface area contributed by atoms with Gasteiger partial charge in [0.1, 0.15) is 11.6 Å². The minimum absolute atomic E-state index is 0.0620. The summed E-state index contributed by atoms with van der Waals surface area (Å²) in [5, 5.41) is 0. The molecule has 0 bridgehead atoms. The number of carbonyl (C=O) groups is 4. The Balaban J connectivity index is 2.30. The molecule has 1 aliphatic heterocycles. The number of imide groups is 1. The lowest BCUT2D eigenvalue weighted by atomic mass is 9.90. The van der Waals surface area contributed by atoms with Crippen molar-refractivity contribution in [3.8, 4) is 0 Å². The quantitative estimate of drug-likeness (QED) is 0.606. The summed E-state index contributed by atoms with van der Waals surface area (Å²) < 4.78 is 0. The smallest absolute Gasteiger partial charge is 0.232 e. The number of rotatable bonds is 9. The van der Waals surface area contributed by atoms with Crippen LogP contribution in [0.5, 0.6) is 0 Å². The summed E-state index contributed by atoms with van der Waals surface area (Å²) in [7, 11) is 0. The van der Waals surface area contributed by atoms with Gasteiger partial charge in [0.15, 0.2) is 0 Å². The Morgan fingerprint density at radius 3 is 2.18 bits per heavy atom. The van der Waals surface area contributed by atoms with Crippen molar-refractivity contribution >= 4 is 35.1 Å². The number of amides is 2. The minimum atomic E-state index is -0.126. The molecule has 0 N–H and O–H groups in total. The predicted octanol–water partition coefficient (Wildman–Crippen LogP) is 2.08. The second kappa shape index (κ2) is 9.08. The molecule has 0 aliphatic carbocycles. The van der Waals surface area contributed by atoms with Crippen molar-refractivity contribution in [2.75, 3.05) is 18.1 Å². The van der Waals surface area contributed by atoms with Gasteiger partial charge >= 0.3 is 0 Å². The summed E-state index contributed by atoms with van der Waals surface area (Å²) in [4.78, 5) is 48.2. The van der Waals surface area contributed by atoms with Gasteiger partial charge in [0.05, 0.1) is 11.5 Å². The highest BCUT2D eigenvalue weighted by Crippen LogP contribution is 2.23. The summed E-state index contributed by atoms with van der Waals surface area (Å²) >= 11 is 1.34. The van der Waals surface area contributed by atoms with E-state index in [4.69, 9.17) is 0 Å². The van der Waals surface area contributed by atoms with Crippen LogP contribution in [-0.2, 0) is 19.2 Å². The second-order valence-corrected chi connectivity index (χ2v) is 6.88. The fourth-order valence-electron chi connectivity index (χ4n) is 2.48. The first-order valence-electron chi connectivity index (χ1n) is 7.83. The molecule has 2 amide bonds. The molecule has 0 spiro atoms. The normalized spacial score (nSPS) is 22.0. The van der Waals surface area contributed by atoms with Gasteiger partial charge in [0, 0.05) is 31.2 Å². The van der Waals surface area contributed by atoms with Gasteiger partial charge < -0.3 is 0 Å². The molecule has 0 aromatic carbocycles. The van der Waals surface area contributed by atoms with E-state index in [9.17, 15) is 19.2 Å². The predicted molar refractivity (Wildman–Crippen MR) is 86.5 cm³/mol. The number of ketones is 2. The highest BCUT2D eigenvalue weighted by molar-refractivity contribution is 8.00. The number of thioether (sulfide) groups is 1. The number of piperidine rings is 1. The zero-order valence-electron chi connectivity index (χ0n) is 13.6. The van der Waals surface area contributed by atoms with Gasteiger partial charge in [0.25, 0.3) is 0 Å². The van der Waals surface area contributed by atoms with Gasteiger partial charge in [-0.25, -0.2) is 0 Å². The third kappa shape index (κ3) is 5.55. The van der Waals surface area contributed by atoms with Crippen molar-refractivity contribution < 1.29 is 19.2 Å². The van der Waals surface area contributed by atoms with E-state index < -0.39 is 0 Å². The molecule has 1 heterocycles. The maximum absolute atomic E-state index is 12.0. The van der Waals surface area contributed by atoms with Crippen LogP contribution in [-0.4, -0.2) is 46.3 Å². The lowest BCUT2D eigenvalue weighted by Gasteiger charge is -2.32. The van der Waals surface area contributed by atoms with Crippen molar-refractivity contribution in [2.45, 2.75) is 46.5 Å². The first-order chi connectivity index (χ1) is 10.4. The van der Waals surface area contributed by atoms with Crippen LogP contribution < -0.4 is 0 Å². The third-order valence-electron chi connectivity index (χ3n) is 3.84. The number of carbonyl (C=O) groups excluding carboxylic acids is 4. The molecular weight excluding hydrogens is 302 g/mol. The third-order valence-corrected chi connectivity index (χ3v) is 4.89. The van der Waals surface area contributed by atoms with Gasteiger partial charge in [0.2, 0.25) is 11.8 Å². The summed E-state index contributed by atoms with van der Waals surface area (Å²) in [5.41, 5.74) is 0. The highest BCUT2D eigenvalue weighted by atomic mass is 32.2. The molecule has 0 aromatic rings. The lowest BCUT2D eigenvalue weighted by molar-refractivity contribution is -0.155. The maximum Gasteiger partial charge on any atom is 0.232 e. The van der Waals surface area contributed by atoms with Crippen molar-refractivity contribution in [1.82, 2.24) is 4.90 Å². The molecule has 0 aromatic heterocycles. The summed E-state index contributed by atoms with van der Waals surface area (Å²) in [6.45, 7) is 5.80. The van der Waals surface area contributed by atoms with E-state index in [1.165, 1.54) is 16.7 Å². The molecule has 5 nitrogen and oxygen atoms in total. The zero-order chi connectivity index (χ0) is 16.7. The van der Waals surface area contributed by atoms with Crippen LogP contribution in [0.1, 0.15) is 46.5 Å². The fourth-order valence-corrected chi connectivity index (χ4v) is 3.39. The van der Waals surface area contributed by atoms with Gasteiger partial charge in [-0.3, -0.25) is 24.1 Å². The average molecular weight is 327 g/mol. The average Bonchev–Trinajstić information content (AvgIpc) is 2.48. The number of nitrogens with zero attached hydrogens (tertiary/aromatic N) is 1. The SMILES string of the molecule is CCC(=O)CSCC(=O)CCCN1C(=O)[C@H](C)C[C@H](C)C1=O. The monoisotopic (exact) mass is 327 g/mol. The Morgan fingerprint density at radius 1 is 1.09 bits per heavy atom. The van der Waals surface area contributed by atoms with Crippen molar-refractivity contribution in [3.05, 3.63) is 0 Å². The van der Waals surface area contributed by atoms with Crippen molar-refractivity contribution in [2.24, 2.45) is 11.8 Å². The molecular formula is C16H25NO4S. The van der Waals surface area contributed by atoms with Crippen LogP contribution in [0.3, 0.4) is 0 Å².